The summed E-state index contributed by atoms with van der Waals surface area (Å²) >= 11 is 0. The maximum Gasteiger partial charge on any atom is 0.0967 e. The van der Waals surface area contributed by atoms with Crippen molar-refractivity contribution in [1.82, 2.24) is 19.9 Å². The Labute approximate surface area is 108 Å². The largest absolute Gasteiger partial charge is 0.391 e. The third kappa shape index (κ3) is 2.57. The minimum atomic E-state index is -0.241. The molecule has 1 aliphatic heterocycles. The highest BCUT2D eigenvalue weighted by Crippen LogP contribution is 2.29. The van der Waals surface area contributed by atoms with E-state index < -0.39 is 0 Å². The Morgan fingerprint density at radius 1 is 1.17 bits per heavy atom. The molecule has 1 saturated carbocycles. The number of rotatable bonds is 3. The first-order valence-corrected chi connectivity index (χ1v) is 7.14. The summed E-state index contributed by atoms with van der Waals surface area (Å²) in [4.78, 5) is 2.45. The molecule has 2 fully saturated rings. The normalized spacial score (nSPS) is 29.8. The summed E-state index contributed by atoms with van der Waals surface area (Å²) in [5, 5.41) is 18.3. The molecule has 1 N–H and O–H groups in total. The van der Waals surface area contributed by atoms with Crippen LogP contribution in [0.3, 0.4) is 0 Å². The predicted molar refractivity (Wildman–Crippen MR) is 68.0 cm³/mol. The van der Waals surface area contributed by atoms with E-state index in [9.17, 15) is 5.11 Å². The van der Waals surface area contributed by atoms with Gasteiger partial charge in [-0.25, -0.2) is 4.68 Å². The second-order valence-electron chi connectivity index (χ2n) is 5.59. The van der Waals surface area contributed by atoms with Crippen LogP contribution in [0.5, 0.6) is 0 Å². The summed E-state index contributed by atoms with van der Waals surface area (Å²) < 4.78 is 1.87. The highest BCUT2D eigenvalue weighted by atomic mass is 16.3. The number of hydrogen-bond donors (Lipinski definition) is 1. The van der Waals surface area contributed by atoms with Crippen LogP contribution >= 0.6 is 0 Å². The molecular weight excluding hydrogens is 228 g/mol. The molecule has 0 spiro atoms. The molecule has 18 heavy (non-hydrogen) atoms. The van der Waals surface area contributed by atoms with Gasteiger partial charge in [-0.2, -0.15) is 0 Å². The summed E-state index contributed by atoms with van der Waals surface area (Å²) in [6, 6.07) is 0.146. The maximum absolute atomic E-state index is 9.87. The summed E-state index contributed by atoms with van der Waals surface area (Å²) in [5.41, 5.74) is 1.04. The quantitative estimate of drug-likeness (QED) is 0.880. The minimum absolute atomic E-state index is 0.146. The van der Waals surface area contributed by atoms with E-state index in [0.717, 1.165) is 31.5 Å². The lowest BCUT2D eigenvalue weighted by atomic mass is 10.1. The van der Waals surface area contributed by atoms with Gasteiger partial charge in [0.25, 0.3) is 0 Å². The summed E-state index contributed by atoms with van der Waals surface area (Å²) in [6.07, 6.45) is 8.75. The van der Waals surface area contributed by atoms with Crippen LogP contribution in [0.25, 0.3) is 0 Å². The molecule has 0 bridgehead atoms. The van der Waals surface area contributed by atoms with Crippen LogP contribution in [-0.2, 0) is 6.54 Å². The number of aliphatic hydroxyl groups is 1. The van der Waals surface area contributed by atoms with Crippen molar-refractivity contribution in [3.05, 3.63) is 11.9 Å². The van der Waals surface area contributed by atoms with Gasteiger partial charge in [-0.1, -0.05) is 11.6 Å². The number of hydrogen-bond acceptors (Lipinski definition) is 4. The number of piperidine rings is 1. The molecule has 100 valence electrons. The molecule has 2 unspecified atom stereocenters. The zero-order valence-corrected chi connectivity index (χ0v) is 10.8. The number of nitrogens with zero attached hydrogens (tertiary/aromatic N) is 4. The Kier molecular flexibility index (Phi) is 3.61. The lowest BCUT2D eigenvalue weighted by Gasteiger charge is -2.25. The van der Waals surface area contributed by atoms with E-state index in [1.807, 2.05) is 10.9 Å². The zero-order chi connectivity index (χ0) is 12.4. The van der Waals surface area contributed by atoms with Crippen molar-refractivity contribution in [2.24, 2.45) is 0 Å². The number of aliphatic hydroxyl groups excluding tert-OH is 1. The van der Waals surface area contributed by atoms with E-state index in [1.165, 1.54) is 32.4 Å². The summed E-state index contributed by atoms with van der Waals surface area (Å²) in [5.74, 6) is 0. The molecule has 5 nitrogen and oxygen atoms in total. The summed E-state index contributed by atoms with van der Waals surface area (Å²) in [6.45, 7) is 3.26. The monoisotopic (exact) mass is 250 g/mol. The fourth-order valence-electron chi connectivity index (χ4n) is 3.12. The molecule has 1 aromatic rings. The van der Waals surface area contributed by atoms with E-state index in [4.69, 9.17) is 0 Å². The topological polar surface area (TPSA) is 54.2 Å². The first kappa shape index (κ1) is 12.1. The molecule has 2 heterocycles. The first-order valence-electron chi connectivity index (χ1n) is 7.14. The van der Waals surface area contributed by atoms with Crippen LogP contribution in [0.4, 0.5) is 0 Å². The van der Waals surface area contributed by atoms with Crippen LogP contribution in [-0.4, -0.2) is 44.2 Å². The van der Waals surface area contributed by atoms with Gasteiger partial charge < -0.3 is 5.11 Å². The fourth-order valence-corrected chi connectivity index (χ4v) is 3.12. The van der Waals surface area contributed by atoms with Gasteiger partial charge in [-0.05, 0) is 45.2 Å². The third-order valence-corrected chi connectivity index (χ3v) is 4.18. The Morgan fingerprint density at radius 3 is 2.72 bits per heavy atom. The SMILES string of the molecule is OC1CCCC1n1cc(CN2CCCCC2)nn1. The Balaban J connectivity index is 1.62. The van der Waals surface area contributed by atoms with E-state index in [1.54, 1.807) is 0 Å². The van der Waals surface area contributed by atoms with Gasteiger partial charge in [0.2, 0.25) is 0 Å². The molecule has 1 saturated heterocycles. The first-order chi connectivity index (χ1) is 8.83. The lowest BCUT2D eigenvalue weighted by Crippen LogP contribution is -2.29. The average Bonchev–Trinajstić information content (AvgIpc) is 2.99. The molecule has 2 aliphatic rings. The highest BCUT2D eigenvalue weighted by Gasteiger charge is 2.27. The predicted octanol–water partition coefficient (Wildman–Crippen LogP) is 1.35. The number of aromatic nitrogens is 3. The third-order valence-electron chi connectivity index (χ3n) is 4.18. The van der Waals surface area contributed by atoms with Gasteiger partial charge in [0, 0.05) is 6.54 Å². The van der Waals surface area contributed by atoms with Gasteiger partial charge >= 0.3 is 0 Å². The second kappa shape index (κ2) is 5.36. The molecular formula is C13H22N4O. The molecule has 1 aromatic heterocycles. The minimum Gasteiger partial charge on any atom is -0.391 e. The standard InChI is InChI=1S/C13H22N4O/c18-13-6-4-5-12(13)17-10-11(14-15-17)9-16-7-2-1-3-8-16/h10,12-13,18H,1-9H2. The van der Waals surface area contributed by atoms with Gasteiger partial charge in [0.05, 0.1) is 24.0 Å². The molecule has 5 heteroatoms. The van der Waals surface area contributed by atoms with Gasteiger partial charge in [-0.3, -0.25) is 4.90 Å². The van der Waals surface area contributed by atoms with Crippen molar-refractivity contribution in [2.45, 2.75) is 57.2 Å². The highest BCUT2D eigenvalue weighted by molar-refractivity contribution is 4.95. The second-order valence-corrected chi connectivity index (χ2v) is 5.59. The van der Waals surface area contributed by atoms with Crippen molar-refractivity contribution < 1.29 is 5.11 Å². The fraction of sp³-hybridized carbons (Fsp3) is 0.846. The average molecular weight is 250 g/mol. The molecule has 2 atom stereocenters. The van der Waals surface area contributed by atoms with Crippen LogP contribution in [0.15, 0.2) is 6.20 Å². The van der Waals surface area contributed by atoms with Crippen molar-refractivity contribution in [3.63, 3.8) is 0 Å². The van der Waals surface area contributed by atoms with Crippen LogP contribution in [0.1, 0.15) is 50.3 Å². The molecule has 0 radical (unpaired) electrons. The maximum atomic E-state index is 9.87. The van der Waals surface area contributed by atoms with E-state index in [0.29, 0.717) is 0 Å². The van der Waals surface area contributed by atoms with Gasteiger partial charge in [0.15, 0.2) is 0 Å². The zero-order valence-electron chi connectivity index (χ0n) is 10.8. The van der Waals surface area contributed by atoms with Crippen molar-refractivity contribution in [1.29, 1.82) is 0 Å². The van der Waals surface area contributed by atoms with E-state index in [2.05, 4.69) is 15.2 Å². The van der Waals surface area contributed by atoms with Crippen LogP contribution < -0.4 is 0 Å². The lowest BCUT2D eigenvalue weighted by molar-refractivity contribution is 0.129. The van der Waals surface area contributed by atoms with Crippen LogP contribution in [0, 0.1) is 0 Å². The Bertz CT molecular complexity index is 386. The summed E-state index contributed by atoms with van der Waals surface area (Å²) in [7, 11) is 0. The molecule has 0 aromatic carbocycles. The molecule has 1 aliphatic carbocycles. The molecule has 0 amide bonds. The van der Waals surface area contributed by atoms with E-state index in [-0.39, 0.29) is 12.1 Å². The van der Waals surface area contributed by atoms with Gasteiger partial charge in [0.1, 0.15) is 0 Å². The Morgan fingerprint density at radius 2 is 2.00 bits per heavy atom. The van der Waals surface area contributed by atoms with Gasteiger partial charge in [-0.15, -0.1) is 5.10 Å². The number of likely N-dealkylation sites (tertiary alicyclic amines) is 1. The van der Waals surface area contributed by atoms with Crippen molar-refractivity contribution >= 4 is 0 Å². The molecule has 3 rings (SSSR count). The van der Waals surface area contributed by atoms with Crippen molar-refractivity contribution in [2.75, 3.05) is 13.1 Å². The van der Waals surface area contributed by atoms with Crippen LogP contribution in [0.2, 0.25) is 0 Å². The Hall–Kier alpha value is -0.940. The van der Waals surface area contributed by atoms with E-state index >= 15 is 0 Å². The smallest absolute Gasteiger partial charge is 0.0967 e. The van der Waals surface area contributed by atoms with Crippen molar-refractivity contribution in [3.8, 4) is 0 Å².